The van der Waals surface area contributed by atoms with Gasteiger partial charge in [-0.15, -0.1) is 0 Å². The van der Waals surface area contributed by atoms with Gasteiger partial charge in [0.15, 0.2) is 5.96 Å². The summed E-state index contributed by atoms with van der Waals surface area (Å²) in [6.07, 6.45) is 0.796. The van der Waals surface area contributed by atoms with Gasteiger partial charge in [0.2, 0.25) is 17.4 Å². The molecule has 1 unspecified atom stereocenters. The molecule has 1 aliphatic heterocycles. The summed E-state index contributed by atoms with van der Waals surface area (Å²) in [5.41, 5.74) is 24.5. The highest BCUT2D eigenvalue weighted by molar-refractivity contribution is 6.19. The Kier molecular flexibility index (Phi) is 7.67. The summed E-state index contributed by atoms with van der Waals surface area (Å²) in [6.45, 7) is 1.73. The number of rotatable bonds is 8. The number of primary amides is 2. The van der Waals surface area contributed by atoms with Gasteiger partial charge in [0, 0.05) is 19.0 Å². The molecule has 14 heteroatoms. The van der Waals surface area contributed by atoms with Crippen molar-refractivity contribution < 1.29 is 19.2 Å². The van der Waals surface area contributed by atoms with E-state index < -0.39 is 41.4 Å². The van der Waals surface area contributed by atoms with Crippen molar-refractivity contribution in [3.63, 3.8) is 0 Å². The minimum absolute atomic E-state index is 0.0437. The number of guanidine groups is 2. The Balaban J connectivity index is 2.81. The molecule has 0 saturated heterocycles. The van der Waals surface area contributed by atoms with Gasteiger partial charge in [0.1, 0.15) is 0 Å². The number of hydrogen-bond acceptors (Lipinski definition) is 7. The van der Waals surface area contributed by atoms with Crippen molar-refractivity contribution in [1.82, 2.24) is 16.0 Å². The van der Waals surface area contributed by atoms with Crippen molar-refractivity contribution in [2.45, 2.75) is 43.8 Å². The van der Waals surface area contributed by atoms with E-state index >= 15 is 0 Å². The predicted octanol–water partition coefficient (Wildman–Crippen LogP) is -4.36. The van der Waals surface area contributed by atoms with Crippen molar-refractivity contribution >= 4 is 35.7 Å². The number of hydrogen-bond donors (Lipinski definition) is 8. The molecule has 0 spiro atoms. The SMILES string of the molecule is CC1N=C(NC(N)=O)NC(=O)[C@]1(NC(=O)C[C@@H](N)CCCN=C(N)N)C(N)=O. The molecule has 3 atom stereocenters. The van der Waals surface area contributed by atoms with Gasteiger partial charge in [0.25, 0.3) is 11.8 Å². The lowest BCUT2D eigenvalue weighted by Gasteiger charge is -2.37. The Hall–Kier alpha value is -3.42. The van der Waals surface area contributed by atoms with Gasteiger partial charge < -0.3 is 34.0 Å². The Morgan fingerprint density at radius 3 is 2.43 bits per heavy atom. The molecule has 1 aliphatic rings. The van der Waals surface area contributed by atoms with Gasteiger partial charge in [-0.25, -0.2) is 9.79 Å². The second-order valence-corrected chi connectivity index (χ2v) is 6.23. The molecule has 0 aromatic heterocycles. The lowest BCUT2D eigenvalue weighted by Crippen LogP contribution is -2.74. The molecule has 156 valence electrons. The van der Waals surface area contributed by atoms with Crippen LogP contribution in [0.15, 0.2) is 9.98 Å². The highest BCUT2D eigenvalue weighted by Gasteiger charge is 2.53. The Bertz CT molecular complexity index is 702. The quantitative estimate of drug-likeness (QED) is 0.0860. The first-order valence-electron chi connectivity index (χ1n) is 8.36. The van der Waals surface area contributed by atoms with Crippen LogP contribution in [0.1, 0.15) is 26.2 Å². The van der Waals surface area contributed by atoms with Gasteiger partial charge in [0.05, 0.1) is 6.04 Å². The fraction of sp³-hybridized carbons (Fsp3) is 0.571. The number of carbonyl (C=O) groups is 4. The smallest absolute Gasteiger partial charge is 0.318 e. The number of amides is 5. The maximum Gasteiger partial charge on any atom is 0.318 e. The molecule has 0 aromatic rings. The minimum atomic E-state index is -2.14. The summed E-state index contributed by atoms with van der Waals surface area (Å²) in [4.78, 5) is 55.5. The van der Waals surface area contributed by atoms with Crippen molar-refractivity contribution in [3.8, 4) is 0 Å². The van der Waals surface area contributed by atoms with Crippen molar-refractivity contribution in [2.75, 3.05) is 6.54 Å². The van der Waals surface area contributed by atoms with Crippen molar-refractivity contribution in [2.24, 2.45) is 38.7 Å². The normalized spacial score (nSPS) is 22.3. The summed E-state index contributed by atoms with van der Waals surface area (Å²) in [5.74, 6) is -3.04. The summed E-state index contributed by atoms with van der Waals surface area (Å²) in [6, 6.07) is -2.63. The average molecular weight is 398 g/mol. The number of urea groups is 1. The van der Waals surface area contributed by atoms with Crippen molar-refractivity contribution in [3.05, 3.63) is 0 Å². The molecular formula is C14H26N10O4. The summed E-state index contributed by atoms with van der Waals surface area (Å²) in [7, 11) is 0. The van der Waals surface area contributed by atoms with Gasteiger partial charge in [-0.1, -0.05) is 0 Å². The molecular weight excluding hydrogens is 372 g/mol. The topological polar surface area (TPSA) is 259 Å². The molecule has 28 heavy (non-hydrogen) atoms. The molecule has 0 radical (unpaired) electrons. The average Bonchev–Trinajstić information content (AvgIpc) is 2.54. The standard InChI is InChI=1S/C14H26N10O4/c1-6-14(9(16)26,10(27)22-13(21-6)23-12(19)28)24-8(25)5-7(15)3-2-4-20-11(17)18/h6-7H,2-5,15H2,1H3,(H2,16,26)(H,24,25)(H4,17,18,20)(H4,19,21,22,23,27,28)/t6?,7-,14+/m0/s1. The molecule has 0 aromatic carbocycles. The highest BCUT2D eigenvalue weighted by atomic mass is 16.2. The number of nitrogens with one attached hydrogen (secondary N) is 3. The van der Waals surface area contributed by atoms with Gasteiger partial charge in [-0.05, 0) is 19.8 Å². The maximum absolute atomic E-state index is 12.5. The van der Waals surface area contributed by atoms with Crippen LogP contribution in [0, 0.1) is 0 Å². The van der Waals surface area contributed by atoms with E-state index in [1.165, 1.54) is 6.92 Å². The Labute approximate surface area is 160 Å². The zero-order valence-corrected chi connectivity index (χ0v) is 15.4. The van der Waals surface area contributed by atoms with Gasteiger partial charge >= 0.3 is 6.03 Å². The largest absolute Gasteiger partial charge is 0.370 e. The third kappa shape index (κ3) is 5.80. The molecule has 14 nitrogen and oxygen atoms in total. The number of nitrogens with two attached hydrogens (primary N) is 5. The molecule has 13 N–H and O–H groups in total. The van der Waals surface area contributed by atoms with Crippen LogP contribution in [0.3, 0.4) is 0 Å². The first-order chi connectivity index (χ1) is 13.0. The highest BCUT2D eigenvalue weighted by Crippen LogP contribution is 2.18. The van der Waals surface area contributed by atoms with E-state index in [0.29, 0.717) is 19.4 Å². The van der Waals surface area contributed by atoms with Crippen LogP contribution in [-0.4, -0.2) is 59.8 Å². The lowest BCUT2D eigenvalue weighted by atomic mass is 9.87. The lowest BCUT2D eigenvalue weighted by molar-refractivity contribution is -0.142. The second-order valence-electron chi connectivity index (χ2n) is 6.23. The summed E-state index contributed by atoms with van der Waals surface area (Å²) >= 11 is 0. The summed E-state index contributed by atoms with van der Waals surface area (Å²) < 4.78 is 0. The molecule has 1 heterocycles. The van der Waals surface area contributed by atoms with E-state index in [4.69, 9.17) is 28.7 Å². The molecule has 0 fully saturated rings. The molecule has 1 rings (SSSR count). The Morgan fingerprint density at radius 2 is 1.93 bits per heavy atom. The molecule has 0 aliphatic carbocycles. The predicted molar refractivity (Wildman–Crippen MR) is 100 cm³/mol. The molecule has 0 bridgehead atoms. The van der Waals surface area contributed by atoms with E-state index in [2.05, 4.69) is 25.9 Å². The molecule has 5 amide bonds. The van der Waals surface area contributed by atoms with E-state index in [-0.39, 0.29) is 18.3 Å². The van der Waals surface area contributed by atoms with Crippen LogP contribution in [0.5, 0.6) is 0 Å². The van der Waals surface area contributed by atoms with E-state index in [9.17, 15) is 19.2 Å². The number of aliphatic imine (C=N–C) groups is 2. The van der Waals surface area contributed by atoms with E-state index in [1.54, 1.807) is 0 Å². The van der Waals surface area contributed by atoms with Crippen molar-refractivity contribution in [1.29, 1.82) is 0 Å². The van der Waals surface area contributed by atoms with Crippen LogP contribution in [0.25, 0.3) is 0 Å². The third-order valence-electron chi connectivity index (χ3n) is 3.98. The van der Waals surface area contributed by atoms with E-state index in [0.717, 1.165) is 0 Å². The van der Waals surface area contributed by atoms with Gasteiger partial charge in [-0.3, -0.25) is 30.0 Å². The first kappa shape index (κ1) is 22.6. The van der Waals surface area contributed by atoms with Crippen LogP contribution < -0.4 is 44.6 Å². The zero-order chi connectivity index (χ0) is 21.5. The fourth-order valence-electron chi connectivity index (χ4n) is 2.61. The maximum atomic E-state index is 12.5. The monoisotopic (exact) mass is 398 g/mol. The number of carbonyl (C=O) groups excluding carboxylic acids is 4. The second kappa shape index (κ2) is 9.50. The minimum Gasteiger partial charge on any atom is -0.370 e. The van der Waals surface area contributed by atoms with Crippen LogP contribution in [-0.2, 0) is 14.4 Å². The number of nitrogens with zero attached hydrogens (tertiary/aromatic N) is 2. The van der Waals surface area contributed by atoms with E-state index in [1.807, 2.05) is 0 Å². The zero-order valence-electron chi connectivity index (χ0n) is 15.4. The first-order valence-corrected chi connectivity index (χ1v) is 8.36. The van der Waals surface area contributed by atoms with Crippen LogP contribution >= 0.6 is 0 Å². The van der Waals surface area contributed by atoms with Crippen LogP contribution in [0.2, 0.25) is 0 Å². The third-order valence-corrected chi connectivity index (χ3v) is 3.98. The molecule has 0 saturated carbocycles. The van der Waals surface area contributed by atoms with Crippen LogP contribution in [0.4, 0.5) is 4.79 Å². The Morgan fingerprint density at radius 1 is 1.29 bits per heavy atom. The summed E-state index contributed by atoms with van der Waals surface area (Å²) in [5, 5.41) is 6.58. The fourth-order valence-corrected chi connectivity index (χ4v) is 2.61. The van der Waals surface area contributed by atoms with Gasteiger partial charge in [-0.2, -0.15) is 0 Å².